The maximum absolute atomic E-state index is 9.81. The van der Waals surface area contributed by atoms with Gasteiger partial charge in [0.15, 0.2) is 0 Å². The zero-order chi connectivity index (χ0) is 13.0. The summed E-state index contributed by atoms with van der Waals surface area (Å²) in [7, 11) is 0. The standard InChI is InChI=1S/C15H23NO2/c1-3-12-8-15(12)16-9-13(17)10-18-14-6-4-11(2)5-7-14/h4-7,12-13,15-17H,3,8-10H2,1-2H3. The van der Waals surface area contributed by atoms with E-state index in [0.29, 0.717) is 19.2 Å². The van der Waals surface area contributed by atoms with Crippen LogP contribution in [-0.4, -0.2) is 30.4 Å². The number of benzene rings is 1. The fourth-order valence-electron chi connectivity index (χ4n) is 2.12. The van der Waals surface area contributed by atoms with Crippen molar-refractivity contribution in [3.8, 4) is 5.75 Å². The highest BCUT2D eigenvalue weighted by Crippen LogP contribution is 2.32. The van der Waals surface area contributed by atoms with Crippen molar-refractivity contribution in [2.24, 2.45) is 5.92 Å². The Bertz CT molecular complexity index is 363. The van der Waals surface area contributed by atoms with Crippen molar-refractivity contribution in [1.82, 2.24) is 5.32 Å². The third-order valence-corrected chi connectivity index (χ3v) is 3.53. The van der Waals surface area contributed by atoms with Gasteiger partial charge in [-0.25, -0.2) is 0 Å². The fourth-order valence-corrected chi connectivity index (χ4v) is 2.12. The molecular weight excluding hydrogens is 226 g/mol. The van der Waals surface area contributed by atoms with E-state index in [2.05, 4.69) is 12.2 Å². The summed E-state index contributed by atoms with van der Waals surface area (Å²) < 4.78 is 5.54. The van der Waals surface area contributed by atoms with E-state index >= 15 is 0 Å². The summed E-state index contributed by atoms with van der Waals surface area (Å²) in [6.07, 6.45) is 2.04. The number of rotatable bonds is 7. The van der Waals surface area contributed by atoms with E-state index in [0.717, 1.165) is 11.7 Å². The molecule has 0 saturated heterocycles. The van der Waals surface area contributed by atoms with Crippen molar-refractivity contribution >= 4 is 0 Å². The van der Waals surface area contributed by atoms with Crippen LogP contribution in [0.1, 0.15) is 25.3 Å². The highest BCUT2D eigenvalue weighted by Gasteiger charge is 2.34. The smallest absolute Gasteiger partial charge is 0.119 e. The van der Waals surface area contributed by atoms with Gasteiger partial charge < -0.3 is 15.2 Å². The zero-order valence-electron chi connectivity index (χ0n) is 11.2. The third kappa shape index (κ3) is 4.00. The molecule has 0 aromatic heterocycles. The lowest BCUT2D eigenvalue weighted by molar-refractivity contribution is 0.106. The Hall–Kier alpha value is -1.06. The van der Waals surface area contributed by atoms with Crippen LogP contribution in [0, 0.1) is 12.8 Å². The van der Waals surface area contributed by atoms with Gasteiger partial charge in [-0.3, -0.25) is 0 Å². The molecular formula is C15H23NO2. The second kappa shape index (κ2) is 6.21. The van der Waals surface area contributed by atoms with Gasteiger partial charge in [-0.1, -0.05) is 31.0 Å². The van der Waals surface area contributed by atoms with Crippen LogP contribution in [0.4, 0.5) is 0 Å². The minimum atomic E-state index is -0.440. The Morgan fingerprint density at radius 2 is 2.11 bits per heavy atom. The molecule has 0 aliphatic heterocycles. The Labute approximate surface area is 109 Å². The summed E-state index contributed by atoms with van der Waals surface area (Å²) >= 11 is 0. The fraction of sp³-hybridized carbons (Fsp3) is 0.600. The molecule has 3 nitrogen and oxygen atoms in total. The Morgan fingerprint density at radius 3 is 2.72 bits per heavy atom. The summed E-state index contributed by atoms with van der Waals surface area (Å²) in [5, 5.41) is 13.2. The third-order valence-electron chi connectivity index (χ3n) is 3.53. The highest BCUT2D eigenvalue weighted by atomic mass is 16.5. The van der Waals surface area contributed by atoms with E-state index in [9.17, 15) is 5.11 Å². The molecule has 0 spiro atoms. The van der Waals surface area contributed by atoms with Gasteiger partial charge in [-0.2, -0.15) is 0 Å². The normalized spacial score (nSPS) is 23.7. The molecule has 0 radical (unpaired) electrons. The molecule has 1 aromatic rings. The average molecular weight is 249 g/mol. The van der Waals surface area contributed by atoms with E-state index in [1.54, 1.807) is 0 Å². The van der Waals surface area contributed by atoms with Gasteiger partial charge in [0.05, 0.1) is 0 Å². The van der Waals surface area contributed by atoms with Crippen LogP contribution < -0.4 is 10.1 Å². The van der Waals surface area contributed by atoms with Crippen LogP contribution in [0.25, 0.3) is 0 Å². The molecule has 1 saturated carbocycles. The van der Waals surface area contributed by atoms with Gasteiger partial charge in [0.2, 0.25) is 0 Å². The molecule has 2 rings (SSSR count). The van der Waals surface area contributed by atoms with Crippen molar-refractivity contribution in [2.45, 2.75) is 38.8 Å². The predicted molar refractivity (Wildman–Crippen MR) is 72.9 cm³/mol. The topological polar surface area (TPSA) is 41.5 Å². The number of hydrogen-bond donors (Lipinski definition) is 2. The van der Waals surface area contributed by atoms with Crippen LogP contribution >= 0.6 is 0 Å². The van der Waals surface area contributed by atoms with E-state index in [1.807, 2.05) is 31.2 Å². The van der Waals surface area contributed by atoms with Crippen molar-refractivity contribution in [3.63, 3.8) is 0 Å². The lowest BCUT2D eigenvalue weighted by Crippen LogP contribution is -2.33. The molecule has 1 aromatic carbocycles. The van der Waals surface area contributed by atoms with Crippen LogP contribution in [0.2, 0.25) is 0 Å². The van der Waals surface area contributed by atoms with Crippen LogP contribution in [-0.2, 0) is 0 Å². The molecule has 2 N–H and O–H groups in total. The van der Waals surface area contributed by atoms with Gasteiger partial charge in [0.25, 0.3) is 0 Å². The molecule has 1 aliphatic rings. The minimum absolute atomic E-state index is 0.347. The van der Waals surface area contributed by atoms with Crippen LogP contribution in [0.5, 0.6) is 5.75 Å². The van der Waals surface area contributed by atoms with E-state index in [4.69, 9.17) is 4.74 Å². The number of aliphatic hydroxyl groups is 1. The average Bonchev–Trinajstić information content (AvgIpc) is 3.14. The van der Waals surface area contributed by atoms with Crippen molar-refractivity contribution in [1.29, 1.82) is 0 Å². The van der Waals surface area contributed by atoms with Crippen molar-refractivity contribution in [2.75, 3.05) is 13.2 Å². The maximum atomic E-state index is 9.81. The molecule has 0 amide bonds. The summed E-state index contributed by atoms with van der Waals surface area (Å²) in [4.78, 5) is 0. The molecule has 0 bridgehead atoms. The number of aliphatic hydroxyl groups excluding tert-OH is 1. The van der Waals surface area contributed by atoms with Crippen molar-refractivity contribution < 1.29 is 9.84 Å². The molecule has 3 atom stereocenters. The van der Waals surface area contributed by atoms with Gasteiger partial charge in [0, 0.05) is 12.6 Å². The van der Waals surface area contributed by atoms with Gasteiger partial charge >= 0.3 is 0 Å². The monoisotopic (exact) mass is 249 g/mol. The van der Waals surface area contributed by atoms with E-state index < -0.39 is 6.10 Å². The first-order valence-corrected chi connectivity index (χ1v) is 6.80. The summed E-state index contributed by atoms with van der Waals surface area (Å²) in [5.41, 5.74) is 1.21. The second-order valence-electron chi connectivity index (χ2n) is 5.20. The Kier molecular flexibility index (Phi) is 4.61. The molecule has 1 aliphatic carbocycles. The second-order valence-corrected chi connectivity index (χ2v) is 5.20. The lowest BCUT2D eigenvalue weighted by Gasteiger charge is -2.13. The summed E-state index contributed by atoms with van der Waals surface area (Å²) in [6.45, 7) is 5.22. The zero-order valence-corrected chi connectivity index (χ0v) is 11.2. The van der Waals surface area contributed by atoms with Gasteiger partial charge in [0.1, 0.15) is 18.5 Å². The SMILES string of the molecule is CCC1CC1NCC(O)COc1ccc(C)cc1. The molecule has 3 heteroatoms. The first-order valence-electron chi connectivity index (χ1n) is 6.80. The number of ether oxygens (including phenoxy) is 1. The van der Waals surface area contributed by atoms with Gasteiger partial charge in [-0.05, 0) is 31.4 Å². The van der Waals surface area contributed by atoms with E-state index in [-0.39, 0.29) is 0 Å². The first kappa shape index (κ1) is 13.4. The van der Waals surface area contributed by atoms with Crippen LogP contribution in [0.15, 0.2) is 24.3 Å². The molecule has 18 heavy (non-hydrogen) atoms. The first-order chi connectivity index (χ1) is 8.69. The number of hydrogen-bond acceptors (Lipinski definition) is 3. The van der Waals surface area contributed by atoms with E-state index in [1.165, 1.54) is 18.4 Å². The van der Waals surface area contributed by atoms with Crippen LogP contribution in [0.3, 0.4) is 0 Å². The Morgan fingerprint density at radius 1 is 1.39 bits per heavy atom. The molecule has 0 heterocycles. The predicted octanol–water partition coefficient (Wildman–Crippen LogP) is 2.12. The summed E-state index contributed by atoms with van der Waals surface area (Å²) in [6, 6.07) is 8.50. The summed E-state index contributed by atoms with van der Waals surface area (Å²) in [5.74, 6) is 1.63. The number of aryl methyl sites for hydroxylation is 1. The highest BCUT2D eigenvalue weighted by molar-refractivity contribution is 5.26. The maximum Gasteiger partial charge on any atom is 0.119 e. The quantitative estimate of drug-likeness (QED) is 0.778. The molecule has 1 fully saturated rings. The van der Waals surface area contributed by atoms with Gasteiger partial charge in [-0.15, -0.1) is 0 Å². The van der Waals surface area contributed by atoms with Crippen molar-refractivity contribution in [3.05, 3.63) is 29.8 Å². The number of nitrogens with one attached hydrogen (secondary N) is 1. The molecule has 3 unspecified atom stereocenters. The molecule has 100 valence electrons. The minimum Gasteiger partial charge on any atom is -0.491 e. The Balaban J connectivity index is 1.62. The lowest BCUT2D eigenvalue weighted by atomic mass is 10.2. The largest absolute Gasteiger partial charge is 0.491 e.